The Labute approximate surface area is 119 Å². The lowest BCUT2D eigenvalue weighted by Crippen LogP contribution is -2.19. The topological polar surface area (TPSA) is 22.1 Å². The first-order valence-electron chi connectivity index (χ1n) is 6.10. The van der Waals surface area contributed by atoms with E-state index in [4.69, 9.17) is 16.3 Å². The van der Waals surface area contributed by atoms with E-state index >= 15 is 0 Å². The van der Waals surface area contributed by atoms with Crippen LogP contribution in [0.5, 0.6) is 5.75 Å². The smallest absolute Gasteiger partial charge is 0.422 e. The fourth-order valence-electron chi connectivity index (χ4n) is 2.06. The molecule has 0 fully saturated rings. The number of benzene rings is 1. The third-order valence-corrected chi connectivity index (χ3v) is 3.39. The van der Waals surface area contributed by atoms with Gasteiger partial charge in [0.15, 0.2) is 6.61 Å². The number of fused-ring (bicyclic) bond motifs is 1. The van der Waals surface area contributed by atoms with Crippen LogP contribution >= 0.6 is 11.6 Å². The molecule has 2 nitrogen and oxygen atoms in total. The van der Waals surface area contributed by atoms with Crippen molar-refractivity contribution in [2.24, 2.45) is 0 Å². The Balaban J connectivity index is 2.53. The van der Waals surface area contributed by atoms with Crippen LogP contribution in [-0.4, -0.2) is 17.8 Å². The minimum Gasteiger partial charge on any atom is -0.482 e. The third-order valence-electron chi connectivity index (χ3n) is 2.96. The van der Waals surface area contributed by atoms with Crippen LogP contribution in [-0.2, 0) is 6.42 Å². The van der Waals surface area contributed by atoms with Crippen molar-refractivity contribution >= 4 is 22.5 Å². The number of hydrogen-bond donors (Lipinski definition) is 0. The van der Waals surface area contributed by atoms with Gasteiger partial charge in [0.25, 0.3) is 0 Å². The standard InChI is InChI=1S/C14H13ClF3NO/c1-3-9-8(2)19-13-10(12(9)15)5-4-6-11(13)20-7-14(16,17)18/h4-6H,3,7H2,1-2H3. The molecule has 1 aromatic carbocycles. The van der Waals surface area contributed by atoms with Gasteiger partial charge in [-0.1, -0.05) is 30.7 Å². The zero-order valence-electron chi connectivity index (χ0n) is 11.0. The largest absolute Gasteiger partial charge is 0.482 e. The Kier molecular flexibility index (Phi) is 4.09. The number of para-hydroxylation sites is 1. The maximum absolute atomic E-state index is 12.2. The van der Waals surface area contributed by atoms with E-state index in [1.807, 2.05) is 6.92 Å². The number of aryl methyl sites for hydroxylation is 1. The van der Waals surface area contributed by atoms with Gasteiger partial charge in [-0.3, -0.25) is 0 Å². The molecule has 0 spiro atoms. The summed E-state index contributed by atoms with van der Waals surface area (Å²) in [4.78, 5) is 4.33. The molecule has 0 aliphatic heterocycles. The highest BCUT2D eigenvalue weighted by Gasteiger charge is 2.29. The molecule has 0 aliphatic rings. The van der Waals surface area contributed by atoms with E-state index < -0.39 is 12.8 Å². The molecule has 108 valence electrons. The zero-order chi connectivity index (χ0) is 14.9. The maximum atomic E-state index is 12.2. The molecule has 1 aromatic heterocycles. The van der Waals surface area contributed by atoms with Crippen molar-refractivity contribution in [3.63, 3.8) is 0 Å². The first kappa shape index (κ1) is 14.9. The lowest BCUT2D eigenvalue weighted by Gasteiger charge is -2.14. The summed E-state index contributed by atoms with van der Waals surface area (Å²) >= 11 is 6.29. The van der Waals surface area contributed by atoms with Gasteiger partial charge in [0, 0.05) is 11.1 Å². The van der Waals surface area contributed by atoms with E-state index in [1.54, 1.807) is 19.1 Å². The molecule has 0 saturated carbocycles. The molecule has 1 heterocycles. The van der Waals surface area contributed by atoms with Crippen LogP contribution in [0, 0.1) is 6.92 Å². The van der Waals surface area contributed by atoms with E-state index in [-0.39, 0.29) is 5.75 Å². The molecular formula is C14H13ClF3NO. The number of nitrogens with zero attached hydrogens (tertiary/aromatic N) is 1. The molecule has 20 heavy (non-hydrogen) atoms. The summed E-state index contributed by atoms with van der Waals surface area (Å²) in [7, 11) is 0. The van der Waals surface area contributed by atoms with E-state index in [0.717, 1.165) is 5.56 Å². The van der Waals surface area contributed by atoms with Crippen LogP contribution in [0.1, 0.15) is 18.2 Å². The molecular weight excluding hydrogens is 291 g/mol. The summed E-state index contributed by atoms with van der Waals surface area (Å²) in [6.45, 7) is 2.39. The van der Waals surface area contributed by atoms with Crippen molar-refractivity contribution in [2.75, 3.05) is 6.61 Å². The molecule has 0 atom stereocenters. The van der Waals surface area contributed by atoms with Gasteiger partial charge in [0.1, 0.15) is 11.3 Å². The maximum Gasteiger partial charge on any atom is 0.422 e. The molecule has 0 saturated heterocycles. The number of aromatic nitrogens is 1. The molecule has 0 N–H and O–H groups in total. The number of alkyl halides is 3. The van der Waals surface area contributed by atoms with Crippen molar-refractivity contribution in [3.8, 4) is 5.75 Å². The third kappa shape index (κ3) is 2.98. The van der Waals surface area contributed by atoms with Gasteiger partial charge in [0.2, 0.25) is 0 Å². The number of pyridine rings is 1. The predicted molar refractivity (Wildman–Crippen MR) is 72.4 cm³/mol. The van der Waals surface area contributed by atoms with E-state index in [0.29, 0.717) is 28.0 Å². The first-order valence-corrected chi connectivity index (χ1v) is 6.48. The average Bonchev–Trinajstić information content (AvgIpc) is 2.36. The highest BCUT2D eigenvalue weighted by molar-refractivity contribution is 6.36. The van der Waals surface area contributed by atoms with E-state index in [1.165, 1.54) is 6.07 Å². The first-order chi connectivity index (χ1) is 9.33. The Bertz CT molecular complexity index is 640. The minimum atomic E-state index is -4.38. The molecule has 0 radical (unpaired) electrons. The number of hydrogen-bond acceptors (Lipinski definition) is 2. The van der Waals surface area contributed by atoms with Crippen molar-refractivity contribution in [3.05, 3.63) is 34.5 Å². The normalized spacial score (nSPS) is 11.9. The van der Waals surface area contributed by atoms with Crippen LogP contribution in [0.15, 0.2) is 18.2 Å². The van der Waals surface area contributed by atoms with Crippen LogP contribution in [0.25, 0.3) is 10.9 Å². The minimum absolute atomic E-state index is 0.0903. The van der Waals surface area contributed by atoms with Crippen LogP contribution in [0.4, 0.5) is 13.2 Å². The molecule has 2 aromatic rings. The number of ether oxygens (including phenoxy) is 1. The van der Waals surface area contributed by atoms with Crippen molar-refractivity contribution in [1.82, 2.24) is 4.98 Å². The Morgan fingerprint density at radius 1 is 1.30 bits per heavy atom. The lowest BCUT2D eigenvalue weighted by atomic mass is 10.1. The fraction of sp³-hybridized carbons (Fsp3) is 0.357. The van der Waals surface area contributed by atoms with Crippen LogP contribution < -0.4 is 4.74 Å². The van der Waals surface area contributed by atoms with Crippen LogP contribution in [0.3, 0.4) is 0 Å². The van der Waals surface area contributed by atoms with Gasteiger partial charge in [-0.2, -0.15) is 13.2 Å². The van der Waals surface area contributed by atoms with Crippen molar-refractivity contribution in [1.29, 1.82) is 0 Å². The van der Waals surface area contributed by atoms with Crippen molar-refractivity contribution in [2.45, 2.75) is 26.4 Å². The second-order valence-corrected chi connectivity index (χ2v) is 4.78. The fourth-order valence-corrected chi connectivity index (χ4v) is 2.48. The van der Waals surface area contributed by atoms with Gasteiger partial charge in [0.05, 0.1) is 5.02 Å². The molecule has 6 heteroatoms. The lowest BCUT2D eigenvalue weighted by molar-refractivity contribution is -0.153. The Morgan fingerprint density at radius 2 is 2.00 bits per heavy atom. The quantitative estimate of drug-likeness (QED) is 0.820. The van der Waals surface area contributed by atoms with Gasteiger partial charge < -0.3 is 4.74 Å². The van der Waals surface area contributed by atoms with Crippen LogP contribution in [0.2, 0.25) is 5.02 Å². The van der Waals surface area contributed by atoms with Crippen molar-refractivity contribution < 1.29 is 17.9 Å². The second-order valence-electron chi connectivity index (χ2n) is 4.40. The molecule has 0 bridgehead atoms. The SMILES string of the molecule is CCc1c(C)nc2c(OCC(F)(F)F)cccc2c1Cl. The van der Waals surface area contributed by atoms with Gasteiger partial charge >= 0.3 is 6.18 Å². The average molecular weight is 304 g/mol. The predicted octanol–water partition coefficient (Wildman–Crippen LogP) is 4.70. The summed E-state index contributed by atoms with van der Waals surface area (Å²) in [6.07, 6.45) is -3.67. The van der Waals surface area contributed by atoms with E-state index in [9.17, 15) is 13.2 Å². The van der Waals surface area contributed by atoms with Gasteiger partial charge in [-0.15, -0.1) is 0 Å². The summed E-state index contributed by atoms with van der Waals surface area (Å²) in [6, 6.07) is 4.79. The molecule has 0 unspecified atom stereocenters. The monoisotopic (exact) mass is 303 g/mol. The molecule has 0 amide bonds. The molecule has 0 aliphatic carbocycles. The Hall–Kier alpha value is -1.49. The second kappa shape index (κ2) is 5.48. The van der Waals surface area contributed by atoms with Gasteiger partial charge in [-0.05, 0) is 25.0 Å². The summed E-state index contributed by atoms with van der Waals surface area (Å²) < 4.78 is 41.6. The van der Waals surface area contributed by atoms with Gasteiger partial charge in [-0.25, -0.2) is 4.98 Å². The highest BCUT2D eigenvalue weighted by Crippen LogP contribution is 2.33. The summed E-state index contributed by atoms with van der Waals surface area (Å²) in [5, 5.41) is 1.13. The summed E-state index contributed by atoms with van der Waals surface area (Å²) in [5.41, 5.74) is 1.96. The highest BCUT2D eigenvalue weighted by atomic mass is 35.5. The zero-order valence-corrected chi connectivity index (χ0v) is 11.8. The number of halogens is 4. The Morgan fingerprint density at radius 3 is 2.60 bits per heavy atom. The summed E-state index contributed by atoms with van der Waals surface area (Å²) in [5.74, 6) is 0.0903. The van der Waals surface area contributed by atoms with E-state index in [2.05, 4.69) is 4.98 Å². The number of rotatable bonds is 3. The molecule has 2 rings (SSSR count).